The van der Waals surface area contributed by atoms with Crippen molar-refractivity contribution in [2.24, 2.45) is 4.99 Å². The topological polar surface area (TPSA) is 138 Å². The summed E-state index contributed by atoms with van der Waals surface area (Å²) in [5.41, 5.74) is 2.21. The molecule has 14 nitrogen and oxygen atoms in total. The van der Waals surface area contributed by atoms with Gasteiger partial charge in [0.25, 0.3) is 11.8 Å². The number of carbonyl (C=O) groups excluding carboxylic acids is 3. The first-order valence-electron chi connectivity index (χ1n) is 17.4. The molecule has 0 aliphatic carbocycles. The number of carbonyl (C=O) groups is 3. The number of rotatable bonds is 13. The van der Waals surface area contributed by atoms with Gasteiger partial charge in [-0.05, 0) is 54.8 Å². The summed E-state index contributed by atoms with van der Waals surface area (Å²) in [6, 6.07) is 12.1. The van der Waals surface area contributed by atoms with Crippen molar-refractivity contribution in [2.45, 2.75) is 18.9 Å². The second kappa shape index (κ2) is 16.6. The van der Waals surface area contributed by atoms with E-state index in [0.717, 1.165) is 18.4 Å². The number of hydrogen-bond donors (Lipinski definition) is 0. The van der Waals surface area contributed by atoms with Gasteiger partial charge in [0.1, 0.15) is 13.2 Å². The Hall–Kier alpha value is -5.92. The Labute approximate surface area is 308 Å². The highest BCUT2D eigenvalue weighted by Gasteiger charge is 2.33. The molecule has 3 aliphatic heterocycles. The number of fused-ring (bicyclic) bond motifs is 2. The lowest BCUT2D eigenvalue weighted by molar-refractivity contribution is -0.127. The van der Waals surface area contributed by atoms with E-state index < -0.39 is 0 Å². The zero-order chi connectivity index (χ0) is 37.5. The first-order chi connectivity index (χ1) is 25.8. The van der Waals surface area contributed by atoms with E-state index in [-0.39, 0.29) is 37.0 Å². The second-order valence-corrected chi connectivity index (χ2v) is 12.5. The number of methoxy groups -OCH3 is 5. The molecule has 280 valence electrons. The number of amides is 3. The van der Waals surface area contributed by atoms with Crippen LogP contribution in [0.4, 0.5) is 5.69 Å². The van der Waals surface area contributed by atoms with Crippen molar-refractivity contribution in [1.82, 2.24) is 14.7 Å². The van der Waals surface area contributed by atoms with Crippen molar-refractivity contribution in [3.8, 4) is 40.2 Å². The number of nitrogens with zero attached hydrogens (tertiary/aromatic N) is 4. The van der Waals surface area contributed by atoms with Crippen LogP contribution in [0.3, 0.4) is 0 Å². The van der Waals surface area contributed by atoms with E-state index in [1.807, 2.05) is 17.2 Å². The minimum atomic E-state index is -0.186. The molecule has 3 aromatic carbocycles. The SMILES string of the molecule is COc1cc(C=CC(=O)N2CCN(C(=O)c3cc(OC)c(OC)c(OC)c3)CC2)ccc1OCCOc1cc2c(cc1OC)C(=O)N1CCC[C@H]1C=N2. The van der Waals surface area contributed by atoms with E-state index >= 15 is 0 Å². The monoisotopic (exact) mass is 728 g/mol. The van der Waals surface area contributed by atoms with E-state index in [1.165, 1.54) is 34.5 Å². The lowest BCUT2D eigenvalue weighted by Gasteiger charge is -2.34. The highest BCUT2D eigenvalue weighted by Crippen LogP contribution is 2.40. The molecule has 0 N–H and O–H groups in total. The Balaban J connectivity index is 1.01. The van der Waals surface area contributed by atoms with Gasteiger partial charge in [0.15, 0.2) is 34.5 Å². The summed E-state index contributed by atoms with van der Waals surface area (Å²) in [5.74, 6) is 2.72. The van der Waals surface area contributed by atoms with Gasteiger partial charge in [-0.1, -0.05) is 6.07 Å². The molecule has 0 bridgehead atoms. The molecule has 1 atom stereocenters. The zero-order valence-electron chi connectivity index (χ0n) is 30.6. The Morgan fingerprint density at radius 1 is 0.736 bits per heavy atom. The number of ether oxygens (including phenoxy) is 7. The maximum absolute atomic E-state index is 13.3. The predicted octanol–water partition coefficient (Wildman–Crippen LogP) is 4.51. The van der Waals surface area contributed by atoms with Gasteiger partial charge in [-0.15, -0.1) is 0 Å². The summed E-state index contributed by atoms with van der Waals surface area (Å²) in [6.45, 7) is 2.65. The smallest absolute Gasteiger partial charge is 0.256 e. The van der Waals surface area contributed by atoms with Crippen LogP contribution in [0.2, 0.25) is 0 Å². The van der Waals surface area contributed by atoms with Crippen molar-refractivity contribution in [3.63, 3.8) is 0 Å². The maximum Gasteiger partial charge on any atom is 0.256 e. The Morgan fingerprint density at radius 3 is 2.04 bits per heavy atom. The predicted molar refractivity (Wildman–Crippen MR) is 197 cm³/mol. The highest BCUT2D eigenvalue weighted by atomic mass is 16.6. The molecule has 0 aromatic heterocycles. The Morgan fingerprint density at radius 2 is 1.38 bits per heavy atom. The first-order valence-corrected chi connectivity index (χ1v) is 17.4. The summed E-state index contributed by atoms with van der Waals surface area (Å²) < 4.78 is 39.2. The van der Waals surface area contributed by atoms with Gasteiger partial charge in [0.2, 0.25) is 11.7 Å². The van der Waals surface area contributed by atoms with E-state index in [0.29, 0.717) is 89.8 Å². The summed E-state index contributed by atoms with van der Waals surface area (Å²) in [4.78, 5) is 49.3. The maximum atomic E-state index is 13.3. The van der Waals surface area contributed by atoms with Crippen molar-refractivity contribution in [3.05, 3.63) is 65.2 Å². The molecule has 0 unspecified atom stereocenters. The van der Waals surface area contributed by atoms with Crippen LogP contribution < -0.4 is 33.2 Å². The van der Waals surface area contributed by atoms with Crippen LogP contribution in [0.25, 0.3) is 6.08 Å². The average Bonchev–Trinajstić information content (AvgIpc) is 3.63. The van der Waals surface area contributed by atoms with Crippen LogP contribution in [0.1, 0.15) is 39.1 Å². The van der Waals surface area contributed by atoms with Crippen LogP contribution in [0, 0.1) is 0 Å². The third kappa shape index (κ3) is 7.96. The largest absolute Gasteiger partial charge is 0.493 e. The lowest BCUT2D eigenvalue weighted by Crippen LogP contribution is -2.50. The van der Waals surface area contributed by atoms with Crippen molar-refractivity contribution in [1.29, 1.82) is 0 Å². The molecule has 6 rings (SSSR count). The van der Waals surface area contributed by atoms with E-state index in [1.54, 1.807) is 59.4 Å². The number of piperazine rings is 1. The molecule has 0 saturated carbocycles. The van der Waals surface area contributed by atoms with Gasteiger partial charge in [-0.25, -0.2) is 0 Å². The fourth-order valence-electron chi connectivity index (χ4n) is 6.62. The Bertz CT molecular complexity index is 1880. The molecule has 3 amide bonds. The molecular formula is C39H44N4O10. The molecular weight excluding hydrogens is 684 g/mol. The second-order valence-electron chi connectivity index (χ2n) is 12.5. The number of benzene rings is 3. The molecule has 2 fully saturated rings. The van der Waals surface area contributed by atoms with Gasteiger partial charge in [-0.3, -0.25) is 19.4 Å². The van der Waals surface area contributed by atoms with E-state index in [4.69, 9.17) is 33.2 Å². The summed E-state index contributed by atoms with van der Waals surface area (Å²) in [7, 11) is 7.58. The third-order valence-electron chi connectivity index (χ3n) is 9.45. The standard InChI is InChI=1S/C39H44N4O10/c1-47-31-19-25(9-11-36(44)41-13-15-42(16-14-41)38(45)26-20-34(49-3)37(51-5)35(21-26)50-4)8-10-30(31)52-17-18-53-33-23-29-28(22-32(33)48-2)39(46)43-12-6-7-27(43)24-40-29/h8-11,19-24,27H,6-7,12-18H2,1-5H3/t27-/m0/s1. The molecule has 3 aliphatic rings. The van der Waals surface area contributed by atoms with Crippen molar-refractivity contribution >= 4 is 35.7 Å². The summed E-state index contributed by atoms with van der Waals surface area (Å²) >= 11 is 0. The molecule has 0 radical (unpaired) electrons. The molecule has 2 saturated heterocycles. The van der Waals surface area contributed by atoms with Gasteiger partial charge in [0, 0.05) is 56.6 Å². The zero-order valence-corrected chi connectivity index (χ0v) is 30.6. The first kappa shape index (κ1) is 36.9. The minimum absolute atomic E-state index is 0.0132. The Kier molecular flexibility index (Phi) is 11.6. The lowest BCUT2D eigenvalue weighted by atomic mass is 10.1. The minimum Gasteiger partial charge on any atom is -0.493 e. The molecule has 0 spiro atoms. The van der Waals surface area contributed by atoms with Gasteiger partial charge in [0.05, 0.1) is 52.8 Å². The highest BCUT2D eigenvalue weighted by molar-refractivity contribution is 6.03. The van der Waals surface area contributed by atoms with Crippen LogP contribution in [0.5, 0.6) is 40.2 Å². The van der Waals surface area contributed by atoms with Gasteiger partial charge in [-0.2, -0.15) is 0 Å². The fraction of sp³-hybridized carbons (Fsp3) is 0.385. The van der Waals surface area contributed by atoms with E-state index in [9.17, 15) is 14.4 Å². The fourth-order valence-corrected chi connectivity index (χ4v) is 6.62. The van der Waals surface area contributed by atoms with Crippen LogP contribution in [0.15, 0.2) is 53.5 Å². The summed E-state index contributed by atoms with van der Waals surface area (Å²) in [6.07, 6.45) is 6.93. The van der Waals surface area contributed by atoms with Crippen molar-refractivity contribution in [2.75, 3.05) is 81.5 Å². The quantitative estimate of drug-likeness (QED) is 0.183. The van der Waals surface area contributed by atoms with Gasteiger partial charge >= 0.3 is 0 Å². The van der Waals surface area contributed by atoms with Gasteiger partial charge < -0.3 is 47.9 Å². The molecule has 3 aromatic rings. The van der Waals surface area contributed by atoms with Crippen LogP contribution >= 0.6 is 0 Å². The average molecular weight is 729 g/mol. The third-order valence-corrected chi connectivity index (χ3v) is 9.45. The molecule has 53 heavy (non-hydrogen) atoms. The van der Waals surface area contributed by atoms with E-state index in [2.05, 4.69) is 4.99 Å². The number of hydrogen-bond acceptors (Lipinski definition) is 11. The number of aliphatic imine (C=N–C) groups is 1. The van der Waals surface area contributed by atoms with Crippen LogP contribution in [-0.4, -0.2) is 126 Å². The molecule has 3 heterocycles. The molecule has 14 heteroatoms. The normalized spacial score (nSPS) is 16.5. The van der Waals surface area contributed by atoms with Crippen molar-refractivity contribution < 1.29 is 47.5 Å². The van der Waals surface area contributed by atoms with Crippen LogP contribution in [-0.2, 0) is 4.79 Å². The summed E-state index contributed by atoms with van der Waals surface area (Å²) in [5, 5.41) is 0.